The van der Waals surface area contributed by atoms with Crippen LogP contribution >= 0.6 is 11.6 Å². The molecule has 0 bridgehead atoms. The molecule has 2 rings (SSSR count). The fraction of sp³-hybridized carbons (Fsp3) is 0.286. The van der Waals surface area contributed by atoms with E-state index in [1.165, 1.54) is 19.1 Å². The molecule has 1 heterocycles. The first kappa shape index (κ1) is 15.6. The smallest absolute Gasteiger partial charge is 0.340 e. The van der Waals surface area contributed by atoms with Crippen LogP contribution in [0.2, 0.25) is 0 Å². The van der Waals surface area contributed by atoms with Crippen LogP contribution in [-0.2, 0) is 4.74 Å². The molecule has 0 spiro atoms. The molecule has 0 radical (unpaired) electrons. The van der Waals surface area contributed by atoms with E-state index in [0.29, 0.717) is 0 Å². The Morgan fingerprint density at radius 1 is 1.33 bits per heavy atom. The molecule has 112 valence electrons. The molecule has 1 aromatic carbocycles. The SMILES string of the molecule is CCOC(=O)c1c(C(F)F)nc2ccccc2c1C(F)Cl. The number of carbonyl (C=O) groups is 1. The molecule has 0 aliphatic rings. The molecule has 0 N–H and O–H groups in total. The Bertz CT molecular complexity index is 677. The Balaban J connectivity index is 2.85. The van der Waals surface area contributed by atoms with Crippen molar-refractivity contribution in [2.75, 3.05) is 6.61 Å². The predicted octanol–water partition coefficient (Wildman–Crippen LogP) is 4.56. The van der Waals surface area contributed by atoms with Crippen molar-refractivity contribution in [2.45, 2.75) is 19.0 Å². The summed E-state index contributed by atoms with van der Waals surface area (Å²) in [5.74, 6) is -1.07. The number of benzene rings is 1. The molecular weight excluding hydrogens is 307 g/mol. The van der Waals surface area contributed by atoms with E-state index in [2.05, 4.69) is 4.98 Å². The number of alkyl halides is 4. The van der Waals surface area contributed by atoms with E-state index in [-0.39, 0.29) is 23.1 Å². The standard InChI is InChI=1S/C14H11ClF3NO2/c1-2-21-14(20)10-9(12(15)16)7-5-3-4-6-8(7)19-11(10)13(17)18/h3-6,12-13H,2H2,1H3. The molecule has 0 aliphatic carbocycles. The highest BCUT2D eigenvalue weighted by Gasteiger charge is 2.30. The maximum absolute atomic E-state index is 13.8. The first-order chi connectivity index (χ1) is 9.97. The average molecular weight is 318 g/mol. The van der Waals surface area contributed by atoms with Crippen LogP contribution in [0.25, 0.3) is 10.9 Å². The van der Waals surface area contributed by atoms with E-state index >= 15 is 0 Å². The van der Waals surface area contributed by atoms with Gasteiger partial charge in [-0.3, -0.25) is 0 Å². The molecule has 3 nitrogen and oxygen atoms in total. The summed E-state index contributed by atoms with van der Waals surface area (Å²) in [6.07, 6.45) is -3.05. The van der Waals surface area contributed by atoms with Crippen LogP contribution in [0.3, 0.4) is 0 Å². The number of hydrogen-bond acceptors (Lipinski definition) is 3. The summed E-state index contributed by atoms with van der Waals surface area (Å²) in [7, 11) is 0. The van der Waals surface area contributed by atoms with Gasteiger partial charge in [0.1, 0.15) is 5.69 Å². The van der Waals surface area contributed by atoms with E-state index in [1.54, 1.807) is 12.1 Å². The maximum Gasteiger partial charge on any atom is 0.340 e. The summed E-state index contributed by atoms with van der Waals surface area (Å²) >= 11 is 5.46. The van der Waals surface area contributed by atoms with E-state index in [0.717, 1.165) is 0 Å². The first-order valence-corrected chi connectivity index (χ1v) is 6.57. The van der Waals surface area contributed by atoms with E-state index < -0.39 is 29.3 Å². The molecule has 1 atom stereocenters. The van der Waals surface area contributed by atoms with E-state index in [9.17, 15) is 18.0 Å². The quantitative estimate of drug-likeness (QED) is 0.613. The number of nitrogens with zero attached hydrogens (tertiary/aromatic N) is 1. The molecule has 0 amide bonds. The second-order valence-electron chi connectivity index (χ2n) is 4.12. The van der Waals surface area contributed by atoms with E-state index in [1.807, 2.05) is 0 Å². The van der Waals surface area contributed by atoms with Crippen molar-refractivity contribution in [1.82, 2.24) is 4.98 Å². The number of esters is 1. The minimum absolute atomic E-state index is 0.0347. The number of hydrogen-bond donors (Lipinski definition) is 0. The number of halogens is 4. The van der Waals surface area contributed by atoms with Gasteiger partial charge < -0.3 is 4.74 Å². The zero-order valence-corrected chi connectivity index (χ0v) is 11.7. The Hall–Kier alpha value is -1.82. The normalized spacial score (nSPS) is 12.7. The van der Waals surface area contributed by atoms with Crippen molar-refractivity contribution in [1.29, 1.82) is 0 Å². The minimum Gasteiger partial charge on any atom is -0.462 e. The summed E-state index contributed by atoms with van der Waals surface area (Å²) in [4.78, 5) is 15.7. The second-order valence-corrected chi connectivity index (χ2v) is 4.51. The molecule has 0 fully saturated rings. The number of para-hydroxylation sites is 1. The maximum atomic E-state index is 13.8. The van der Waals surface area contributed by atoms with Gasteiger partial charge in [-0.05, 0) is 13.0 Å². The lowest BCUT2D eigenvalue weighted by Crippen LogP contribution is -2.14. The summed E-state index contributed by atoms with van der Waals surface area (Å²) < 4.78 is 44.8. The van der Waals surface area contributed by atoms with Crippen LogP contribution in [0.1, 0.15) is 40.6 Å². The van der Waals surface area contributed by atoms with Crippen LogP contribution in [0.5, 0.6) is 0 Å². The zero-order valence-electron chi connectivity index (χ0n) is 10.9. The van der Waals surface area contributed by atoms with Crippen LogP contribution in [0.4, 0.5) is 13.2 Å². The number of rotatable bonds is 4. The van der Waals surface area contributed by atoms with E-state index in [4.69, 9.17) is 16.3 Å². The zero-order chi connectivity index (χ0) is 15.6. The Morgan fingerprint density at radius 2 is 2.00 bits per heavy atom. The van der Waals surface area contributed by atoms with Gasteiger partial charge >= 0.3 is 5.97 Å². The first-order valence-electron chi connectivity index (χ1n) is 6.13. The van der Waals surface area contributed by atoms with Crippen molar-refractivity contribution < 1.29 is 22.7 Å². The number of carbonyl (C=O) groups excluding carboxylic acids is 1. The third kappa shape index (κ3) is 2.95. The topological polar surface area (TPSA) is 39.2 Å². The van der Waals surface area contributed by atoms with Gasteiger partial charge in [-0.2, -0.15) is 0 Å². The van der Waals surface area contributed by atoms with Crippen LogP contribution in [-0.4, -0.2) is 17.6 Å². The largest absolute Gasteiger partial charge is 0.462 e. The number of fused-ring (bicyclic) bond motifs is 1. The van der Waals surface area contributed by atoms with Gasteiger partial charge in [-0.25, -0.2) is 22.9 Å². The monoisotopic (exact) mass is 317 g/mol. The van der Waals surface area contributed by atoms with Crippen molar-refractivity contribution in [3.8, 4) is 0 Å². The lowest BCUT2D eigenvalue weighted by molar-refractivity contribution is 0.0511. The summed E-state index contributed by atoms with van der Waals surface area (Å²) in [6.45, 7) is 1.48. The molecule has 0 saturated carbocycles. The minimum atomic E-state index is -3.05. The predicted molar refractivity (Wildman–Crippen MR) is 72.4 cm³/mol. The summed E-state index contributed by atoms with van der Waals surface area (Å²) in [5, 5.41) is 0.201. The molecule has 0 saturated heterocycles. The van der Waals surface area contributed by atoms with Gasteiger partial charge in [-0.1, -0.05) is 29.8 Å². The van der Waals surface area contributed by atoms with Gasteiger partial charge in [0.05, 0.1) is 17.7 Å². The van der Waals surface area contributed by atoms with Crippen molar-refractivity contribution in [3.63, 3.8) is 0 Å². The lowest BCUT2D eigenvalue weighted by Gasteiger charge is -2.15. The van der Waals surface area contributed by atoms with Crippen molar-refractivity contribution in [2.24, 2.45) is 0 Å². The van der Waals surface area contributed by atoms with Crippen molar-refractivity contribution >= 4 is 28.5 Å². The highest BCUT2D eigenvalue weighted by molar-refractivity contribution is 6.21. The molecule has 21 heavy (non-hydrogen) atoms. The lowest BCUT2D eigenvalue weighted by atomic mass is 10.0. The van der Waals surface area contributed by atoms with Crippen molar-refractivity contribution in [3.05, 3.63) is 41.1 Å². The Labute approximate surface area is 123 Å². The van der Waals surface area contributed by atoms with Gasteiger partial charge in [0.15, 0.2) is 5.63 Å². The number of pyridine rings is 1. The average Bonchev–Trinajstić information content (AvgIpc) is 2.45. The van der Waals surface area contributed by atoms with Gasteiger partial charge in [0, 0.05) is 10.9 Å². The highest BCUT2D eigenvalue weighted by atomic mass is 35.5. The summed E-state index contributed by atoms with van der Waals surface area (Å²) in [5.41, 5.74) is -3.76. The van der Waals surface area contributed by atoms with Gasteiger partial charge in [0.25, 0.3) is 6.43 Å². The molecule has 1 aromatic heterocycles. The molecule has 1 unspecified atom stereocenters. The summed E-state index contributed by atoms with van der Waals surface area (Å²) in [6, 6.07) is 6.05. The van der Waals surface area contributed by atoms with Gasteiger partial charge in [0.2, 0.25) is 0 Å². The second kappa shape index (κ2) is 6.30. The molecule has 0 aliphatic heterocycles. The van der Waals surface area contributed by atoms with Crippen LogP contribution in [0, 0.1) is 0 Å². The molecule has 2 aromatic rings. The highest BCUT2D eigenvalue weighted by Crippen LogP contribution is 2.36. The molecular formula is C14H11ClF3NO2. The number of ether oxygens (including phenoxy) is 1. The van der Waals surface area contributed by atoms with Gasteiger partial charge in [-0.15, -0.1) is 0 Å². The number of aromatic nitrogens is 1. The Morgan fingerprint density at radius 3 is 2.57 bits per heavy atom. The third-order valence-corrected chi connectivity index (χ3v) is 3.08. The van der Waals surface area contributed by atoms with Crippen LogP contribution < -0.4 is 0 Å². The fourth-order valence-corrected chi connectivity index (χ4v) is 2.29. The third-order valence-electron chi connectivity index (χ3n) is 2.87. The van der Waals surface area contributed by atoms with Crippen LogP contribution in [0.15, 0.2) is 24.3 Å². The molecule has 7 heteroatoms. The fourth-order valence-electron chi connectivity index (χ4n) is 2.06. The Kier molecular flexibility index (Phi) is 4.67.